The first kappa shape index (κ1) is 26.6. The van der Waals surface area contributed by atoms with Crippen molar-refractivity contribution in [3.05, 3.63) is 95.3 Å². The summed E-state index contributed by atoms with van der Waals surface area (Å²) in [6.07, 6.45) is -2.24. The van der Waals surface area contributed by atoms with Crippen LogP contribution in [0, 0.1) is 0 Å². The Labute approximate surface area is 213 Å². The highest BCUT2D eigenvalue weighted by Crippen LogP contribution is 2.33. The second-order valence-electron chi connectivity index (χ2n) is 8.87. The predicted molar refractivity (Wildman–Crippen MR) is 134 cm³/mol. The van der Waals surface area contributed by atoms with Gasteiger partial charge in [-0.1, -0.05) is 42.5 Å². The number of carbonyl (C=O) groups excluding carboxylic acids is 1. The SMILES string of the molecule is NS(=O)(=O)C(CCc1ccccc1)c1ccc(N2CCN(C(=O)c3ccccc3C(F)(F)F)CC2)cn1. The minimum atomic E-state index is -4.61. The van der Waals surface area contributed by atoms with Gasteiger partial charge in [0.2, 0.25) is 10.0 Å². The van der Waals surface area contributed by atoms with E-state index < -0.39 is 32.9 Å². The zero-order valence-electron chi connectivity index (χ0n) is 19.9. The number of alkyl halides is 3. The number of anilines is 1. The van der Waals surface area contributed by atoms with E-state index in [9.17, 15) is 26.4 Å². The Balaban J connectivity index is 1.41. The van der Waals surface area contributed by atoms with Crippen molar-refractivity contribution in [1.82, 2.24) is 9.88 Å². The number of pyridine rings is 1. The average molecular weight is 533 g/mol. The van der Waals surface area contributed by atoms with Crippen molar-refractivity contribution >= 4 is 21.6 Å². The lowest BCUT2D eigenvalue weighted by molar-refractivity contribution is -0.138. The van der Waals surface area contributed by atoms with Crippen molar-refractivity contribution in [3.63, 3.8) is 0 Å². The number of rotatable bonds is 7. The molecule has 1 aliphatic rings. The van der Waals surface area contributed by atoms with Gasteiger partial charge in [-0.15, -0.1) is 0 Å². The minimum absolute atomic E-state index is 0.240. The number of nitrogens with two attached hydrogens (primary N) is 1. The fourth-order valence-electron chi connectivity index (χ4n) is 4.45. The van der Waals surface area contributed by atoms with Gasteiger partial charge in [0.1, 0.15) is 5.25 Å². The highest BCUT2D eigenvalue weighted by molar-refractivity contribution is 7.89. The molecular weight excluding hydrogens is 505 g/mol. The van der Waals surface area contributed by atoms with Gasteiger partial charge in [-0.25, -0.2) is 13.6 Å². The van der Waals surface area contributed by atoms with Gasteiger partial charge in [0.25, 0.3) is 5.91 Å². The third-order valence-electron chi connectivity index (χ3n) is 6.43. The first-order valence-corrected chi connectivity index (χ1v) is 13.4. The number of aromatic nitrogens is 1. The summed E-state index contributed by atoms with van der Waals surface area (Å²) in [6, 6.07) is 17.7. The van der Waals surface area contributed by atoms with E-state index in [0.717, 1.165) is 17.3 Å². The van der Waals surface area contributed by atoms with Gasteiger partial charge in [-0.2, -0.15) is 13.2 Å². The molecule has 0 saturated carbocycles. The lowest BCUT2D eigenvalue weighted by Gasteiger charge is -2.36. The van der Waals surface area contributed by atoms with Crippen molar-refractivity contribution in [2.45, 2.75) is 24.3 Å². The van der Waals surface area contributed by atoms with Crippen molar-refractivity contribution in [1.29, 1.82) is 0 Å². The third-order valence-corrected chi connectivity index (χ3v) is 7.70. The molecule has 2 aromatic carbocycles. The van der Waals surface area contributed by atoms with Crippen LogP contribution in [0.4, 0.5) is 18.9 Å². The minimum Gasteiger partial charge on any atom is -0.367 e. The maximum atomic E-state index is 13.3. The largest absolute Gasteiger partial charge is 0.417 e. The number of hydrogen-bond donors (Lipinski definition) is 1. The summed E-state index contributed by atoms with van der Waals surface area (Å²) >= 11 is 0. The van der Waals surface area contributed by atoms with Crippen molar-refractivity contribution in [2.75, 3.05) is 31.1 Å². The van der Waals surface area contributed by atoms with Gasteiger partial charge in [-0.05, 0) is 42.7 Å². The van der Waals surface area contributed by atoms with Crippen molar-refractivity contribution in [2.24, 2.45) is 5.14 Å². The monoisotopic (exact) mass is 532 g/mol. The normalized spacial score (nSPS) is 15.5. The molecule has 4 rings (SSSR count). The van der Waals surface area contributed by atoms with Crippen molar-refractivity contribution < 1.29 is 26.4 Å². The number of aryl methyl sites for hydroxylation is 1. The molecule has 0 bridgehead atoms. The molecule has 0 spiro atoms. The Hall–Kier alpha value is -3.44. The Morgan fingerprint density at radius 1 is 0.946 bits per heavy atom. The van der Waals surface area contributed by atoms with Crippen LogP contribution < -0.4 is 10.0 Å². The van der Waals surface area contributed by atoms with E-state index in [1.807, 2.05) is 35.2 Å². The number of benzene rings is 2. The average Bonchev–Trinajstić information content (AvgIpc) is 2.88. The number of piperazine rings is 1. The van der Waals surface area contributed by atoms with E-state index in [2.05, 4.69) is 4.98 Å². The third kappa shape index (κ3) is 6.47. The second kappa shape index (κ2) is 10.9. The molecule has 7 nitrogen and oxygen atoms in total. The molecule has 196 valence electrons. The van der Waals surface area contributed by atoms with E-state index in [-0.39, 0.29) is 25.1 Å². The van der Waals surface area contributed by atoms with E-state index in [4.69, 9.17) is 5.14 Å². The lowest BCUT2D eigenvalue weighted by Crippen LogP contribution is -2.49. The molecule has 3 aromatic rings. The maximum absolute atomic E-state index is 13.3. The molecule has 2 N–H and O–H groups in total. The first-order valence-electron chi connectivity index (χ1n) is 11.8. The highest BCUT2D eigenvalue weighted by atomic mass is 32.2. The van der Waals surface area contributed by atoms with Crippen molar-refractivity contribution in [3.8, 4) is 0 Å². The molecule has 1 aromatic heterocycles. The van der Waals surface area contributed by atoms with Crippen LogP contribution in [0.5, 0.6) is 0 Å². The summed E-state index contributed by atoms with van der Waals surface area (Å²) < 4.78 is 64.5. The van der Waals surface area contributed by atoms with Gasteiger partial charge < -0.3 is 9.80 Å². The number of amides is 1. The first-order chi connectivity index (χ1) is 17.5. The quantitative estimate of drug-likeness (QED) is 0.496. The summed E-state index contributed by atoms with van der Waals surface area (Å²) in [5.41, 5.74) is 0.762. The summed E-state index contributed by atoms with van der Waals surface area (Å²) in [5, 5.41) is 4.55. The molecule has 11 heteroatoms. The van der Waals surface area contributed by atoms with Gasteiger partial charge in [-0.3, -0.25) is 9.78 Å². The molecule has 0 aliphatic carbocycles. The van der Waals surface area contributed by atoms with Crippen LogP contribution in [-0.4, -0.2) is 50.4 Å². The molecule has 0 radical (unpaired) electrons. The van der Waals surface area contributed by atoms with Crippen LogP contribution in [0.3, 0.4) is 0 Å². The second-order valence-corrected chi connectivity index (χ2v) is 10.6. The predicted octanol–water partition coefficient (Wildman–Crippen LogP) is 4.03. The number of primary sulfonamides is 1. The molecule has 1 atom stereocenters. The van der Waals surface area contributed by atoms with E-state index in [1.54, 1.807) is 18.3 Å². The number of carbonyl (C=O) groups is 1. The standard InChI is InChI=1S/C26H27F3N4O3S/c27-26(28,29)22-9-5-4-8-21(22)25(34)33-16-14-32(15-17-33)20-11-12-23(31-18-20)24(37(30,35)36)13-10-19-6-2-1-3-7-19/h1-9,11-12,18,24H,10,13-17H2,(H2,30,35,36). The Kier molecular flexibility index (Phi) is 7.84. The van der Waals surface area contributed by atoms with Crippen LogP contribution in [-0.2, 0) is 22.6 Å². The number of hydrogen-bond acceptors (Lipinski definition) is 5. The molecule has 1 aliphatic heterocycles. The maximum Gasteiger partial charge on any atom is 0.417 e. The van der Waals surface area contributed by atoms with Gasteiger partial charge in [0, 0.05) is 26.2 Å². The van der Waals surface area contributed by atoms with E-state index in [0.29, 0.717) is 25.2 Å². The molecule has 2 heterocycles. The fourth-order valence-corrected chi connectivity index (χ4v) is 5.38. The fraction of sp³-hybridized carbons (Fsp3) is 0.308. The zero-order chi connectivity index (χ0) is 26.6. The van der Waals surface area contributed by atoms with Crippen LogP contribution in [0.1, 0.15) is 38.8 Å². The molecule has 1 saturated heterocycles. The summed E-state index contributed by atoms with van der Waals surface area (Å²) in [4.78, 5) is 20.5. The molecule has 37 heavy (non-hydrogen) atoms. The summed E-state index contributed by atoms with van der Waals surface area (Å²) in [6.45, 7) is 1.27. The molecule has 1 amide bonds. The summed E-state index contributed by atoms with van der Waals surface area (Å²) in [7, 11) is -3.88. The van der Waals surface area contributed by atoms with Gasteiger partial charge >= 0.3 is 6.18 Å². The Morgan fingerprint density at radius 2 is 1.59 bits per heavy atom. The smallest absolute Gasteiger partial charge is 0.367 e. The summed E-state index contributed by atoms with van der Waals surface area (Å²) in [5.74, 6) is -0.657. The van der Waals surface area contributed by atoms with Crippen LogP contribution in [0.15, 0.2) is 72.9 Å². The van der Waals surface area contributed by atoms with Crippen LogP contribution in [0.2, 0.25) is 0 Å². The molecule has 1 fully saturated rings. The van der Waals surface area contributed by atoms with E-state index in [1.165, 1.54) is 23.1 Å². The number of sulfonamides is 1. The Morgan fingerprint density at radius 3 is 2.19 bits per heavy atom. The van der Waals surface area contributed by atoms with Gasteiger partial charge in [0.15, 0.2) is 0 Å². The number of nitrogens with zero attached hydrogens (tertiary/aromatic N) is 3. The van der Waals surface area contributed by atoms with Gasteiger partial charge in [0.05, 0.1) is 28.7 Å². The van der Waals surface area contributed by atoms with Crippen LogP contribution >= 0.6 is 0 Å². The zero-order valence-corrected chi connectivity index (χ0v) is 20.8. The Bertz CT molecular complexity index is 1330. The van der Waals surface area contributed by atoms with Crippen LogP contribution in [0.25, 0.3) is 0 Å². The molecule has 1 unspecified atom stereocenters. The highest BCUT2D eigenvalue weighted by Gasteiger charge is 2.36. The molecular formula is C26H27F3N4O3S. The number of halogens is 3. The topological polar surface area (TPSA) is 96.6 Å². The lowest BCUT2D eigenvalue weighted by atomic mass is 10.1. The van der Waals surface area contributed by atoms with E-state index >= 15 is 0 Å².